The van der Waals surface area contributed by atoms with Gasteiger partial charge in [0.15, 0.2) is 5.65 Å². The summed E-state index contributed by atoms with van der Waals surface area (Å²) in [5, 5.41) is 1.23. The SMILES string of the molecule is CN(C)c1ccc(-n2c3cccccc3c3c(=O)n(C)c(=O)nc32)cc1. The maximum absolute atomic E-state index is 12.8. The van der Waals surface area contributed by atoms with Crippen molar-refractivity contribution in [2.75, 3.05) is 19.0 Å². The molecular weight excluding hydrogens is 328 g/mol. The molecule has 0 aliphatic carbocycles. The van der Waals surface area contributed by atoms with E-state index in [1.807, 2.05) is 78.2 Å². The van der Waals surface area contributed by atoms with Crippen molar-refractivity contribution >= 4 is 27.6 Å². The molecule has 0 saturated carbocycles. The third-order valence-electron chi connectivity index (χ3n) is 4.59. The zero-order valence-corrected chi connectivity index (χ0v) is 14.8. The monoisotopic (exact) mass is 346 g/mol. The zero-order chi connectivity index (χ0) is 18.4. The first-order valence-corrected chi connectivity index (χ1v) is 8.27. The average Bonchev–Trinajstić information content (AvgIpc) is 2.77. The Morgan fingerprint density at radius 3 is 2.31 bits per heavy atom. The predicted octanol–water partition coefficient (Wildman–Crippen LogP) is 2.30. The molecule has 0 aliphatic heterocycles. The molecule has 26 heavy (non-hydrogen) atoms. The first-order valence-electron chi connectivity index (χ1n) is 8.27. The molecular formula is C20H18N4O2. The fourth-order valence-corrected chi connectivity index (χ4v) is 3.19. The van der Waals surface area contributed by atoms with Crippen LogP contribution in [0.25, 0.3) is 27.6 Å². The highest BCUT2D eigenvalue weighted by Gasteiger charge is 2.17. The number of anilines is 1. The Labute approximate surface area is 149 Å². The molecule has 0 atom stereocenters. The first kappa shape index (κ1) is 16.1. The van der Waals surface area contributed by atoms with Gasteiger partial charge in [0.25, 0.3) is 5.56 Å². The lowest BCUT2D eigenvalue weighted by molar-refractivity contribution is 0.790. The molecule has 2 heterocycles. The molecule has 0 fully saturated rings. The molecule has 0 radical (unpaired) electrons. The van der Waals surface area contributed by atoms with Crippen molar-refractivity contribution in [2.45, 2.75) is 0 Å². The Kier molecular flexibility index (Phi) is 3.61. The molecule has 0 spiro atoms. The van der Waals surface area contributed by atoms with E-state index in [2.05, 4.69) is 4.98 Å². The van der Waals surface area contributed by atoms with E-state index in [0.717, 1.165) is 26.8 Å². The maximum atomic E-state index is 12.8. The van der Waals surface area contributed by atoms with E-state index in [-0.39, 0.29) is 5.56 Å². The minimum absolute atomic E-state index is 0.333. The van der Waals surface area contributed by atoms with Gasteiger partial charge >= 0.3 is 5.69 Å². The second-order valence-corrected chi connectivity index (χ2v) is 6.41. The van der Waals surface area contributed by atoms with Crippen LogP contribution in [0.1, 0.15) is 0 Å². The summed E-state index contributed by atoms with van der Waals surface area (Å²) >= 11 is 0. The number of aromatic nitrogens is 3. The fraction of sp³-hybridized carbons (Fsp3) is 0.150. The van der Waals surface area contributed by atoms with Gasteiger partial charge in [0.2, 0.25) is 0 Å². The molecule has 6 nitrogen and oxygen atoms in total. The Balaban J connectivity index is 2.18. The van der Waals surface area contributed by atoms with E-state index < -0.39 is 5.69 Å². The van der Waals surface area contributed by atoms with Crippen LogP contribution in [0, 0.1) is 0 Å². The third kappa shape index (κ3) is 2.30. The highest BCUT2D eigenvalue weighted by atomic mass is 16.2. The summed E-state index contributed by atoms with van der Waals surface area (Å²) in [4.78, 5) is 31.1. The summed E-state index contributed by atoms with van der Waals surface area (Å²) in [5.41, 5.74) is 2.24. The second-order valence-electron chi connectivity index (χ2n) is 6.41. The van der Waals surface area contributed by atoms with Crippen LogP contribution in [0.3, 0.4) is 0 Å². The first-order chi connectivity index (χ1) is 12.5. The second kappa shape index (κ2) is 5.84. The lowest BCUT2D eigenvalue weighted by Crippen LogP contribution is -2.32. The van der Waals surface area contributed by atoms with Crippen LogP contribution >= 0.6 is 0 Å². The van der Waals surface area contributed by atoms with Crippen LogP contribution in [-0.2, 0) is 7.05 Å². The van der Waals surface area contributed by atoms with Crippen LogP contribution in [0.2, 0.25) is 0 Å². The summed E-state index contributed by atoms with van der Waals surface area (Å²) < 4.78 is 2.92. The van der Waals surface area contributed by atoms with Crippen LogP contribution in [-0.4, -0.2) is 28.2 Å². The number of hydrogen-bond acceptors (Lipinski definition) is 4. The van der Waals surface area contributed by atoms with Crippen molar-refractivity contribution in [2.24, 2.45) is 7.05 Å². The van der Waals surface area contributed by atoms with E-state index in [1.54, 1.807) is 0 Å². The Morgan fingerprint density at radius 2 is 1.62 bits per heavy atom. The highest BCUT2D eigenvalue weighted by Crippen LogP contribution is 2.28. The largest absolute Gasteiger partial charge is 0.378 e. The summed E-state index contributed by atoms with van der Waals surface area (Å²) in [6, 6.07) is 17.4. The number of nitrogens with zero attached hydrogens (tertiary/aromatic N) is 4. The van der Waals surface area contributed by atoms with E-state index in [1.165, 1.54) is 7.05 Å². The Morgan fingerprint density at radius 1 is 0.923 bits per heavy atom. The molecule has 0 aliphatic rings. The molecule has 0 bridgehead atoms. The molecule has 4 aromatic rings. The van der Waals surface area contributed by atoms with E-state index in [9.17, 15) is 9.59 Å². The zero-order valence-electron chi connectivity index (χ0n) is 14.8. The van der Waals surface area contributed by atoms with Gasteiger partial charge < -0.3 is 4.90 Å². The van der Waals surface area contributed by atoms with Gasteiger partial charge in [-0.2, -0.15) is 4.98 Å². The molecule has 0 unspecified atom stereocenters. The molecule has 130 valence electrons. The standard InChI is InChI=1S/C20H18N4O2/c1-22(2)13-9-11-14(12-10-13)24-16-8-6-4-5-7-15(16)17-18(24)21-20(26)23(3)19(17)25/h4-12H,1-3H3. The van der Waals surface area contributed by atoms with Gasteiger partial charge in [0.1, 0.15) is 0 Å². The molecule has 0 N–H and O–H groups in total. The number of benzene rings is 1. The van der Waals surface area contributed by atoms with Crippen LogP contribution < -0.4 is 16.1 Å². The third-order valence-corrected chi connectivity index (χ3v) is 4.59. The van der Waals surface area contributed by atoms with Crippen molar-refractivity contribution in [1.82, 2.24) is 14.1 Å². The molecule has 6 heteroatoms. The van der Waals surface area contributed by atoms with E-state index in [0.29, 0.717) is 11.0 Å². The minimum Gasteiger partial charge on any atom is -0.378 e. The van der Waals surface area contributed by atoms with Crippen LogP contribution in [0.15, 0.2) is 64.2 Å². The number of fused-ring (bicyclic) bond motifs is 3. The van der Waals surface area contributed by atoms with Crippen molar-refractivity contribution in [3.8, 4) is 5.69 Å². The summed E-state index contributed by atoms with van der Waals surface area (Å²) in [5.74, 6) is 0. The van der Waals surface area contributed by atoms with E-state index in [4.69, 9.17) is 0 Å². The fourth-order valence-electron chi connectivity index (χ4n) is 3.19. The van der Waals surface area contributed by atoms with Crippen molar-refractivity contribution < 1.29 is 0 Å². The van der Waals surface area contributed by atoms with Crippen molar-refractivity contribution in [3.05, 3.63) is 75.4 Å². The smallest absolute Gasteiger partial charge is 0.352 e. The minimum atomic E-state index is -0.555. The predicted molar refractivity (Wildman–Crippen MR) is 104 cm³/mol. The maximum Gasteiger partial charge on any atom is 0.352 e. The van der Waals surface area contributed by atoms with Gasteiger partial charge in [0.05, 0.1) is 10.9 Å². The van der Waals surface area contributed by atoms with Gasteiger partial charge in [-0.25, -0.2) is 4.79 Å². The lowest BCUT2D eigenvalue weighted by Gasteiger charge is -2.13. The molecule has 4 rings (SSSR count). The van der Waals surface area contributed by atoms with Gasteiger partial charge in [-0.3, -0.25) is 13.9 Å². The van der Waals surface area contributed by atoms with Crippen molar-refractivity contribution in [1.29, 1.82) is 0 Å². The molecule has 0 amide bonds. The number of rotatable bonds is 2. The normalized spacial score (nSPS) is 11.2. The summed E-state index contributed by atoms with van der Waals surface area (Å²) in [6.45, 7) is 0. The van der Waals surface area contributed by atoms with Crippen LogP contribution in [0.5, 0.6) is 0 Å². The highest BCUT2D eigenvalue weighted by molar-refractivity contribution is 6.07. The van der Waals surface area contributed by atoms with Crippen LogP contribution in [0.4, 0.5) is 5.69 Å². The van der Waals surface area contributed by atoms with Gasteiger partial charge in [-0.05, 0) is 30.3 Å². The topological polar surface area (TPSA) is 60.1 Å². The lowest BCUT2D eigenvalue weighted by atomic mass is 10.2. The Hall–Kier alpha value is -3.41. The molecule has 2 aromatic carbocycles. The summed E-state index contributed by atoms with van der Waals surface area (Å²) in [7, 11) is 5.41. The van der Waals surface area contributed by atoms with Crippen molar-refractivity contribution in [3.63, 3.8) is 0 Å². The summed E-state index contributed by atoms with van der Waals surface area (Å²) in [6.07, 6.45) is 0. The molecule has 2 aromatic heterocycles. The van der Waals surface area contributed by atoms with E-state index >= 15 is 0 Å². The quantitative estimate of drug-likeness (QED) is 0.559. The Bertz CT molecular complexity index is 1250. The van der Waals surface area contributed by atoms with Gasteiger partial charge in [0, 0.05) is 37.9 Å². The van der Waals surface area contributed by atoms with Gasteiger partial charge in [-0.1, -0.05) is 24.3 Å². The number of hydrogen-bond donors (Lipinski definition) is 0. The van der Waals surface area contributed by atoms with Gasteiger partial charge in [-0.15, -0.1) is 0 Å². The molecule has 0 saturated heterocycles. The average molecular weight is 346 g/mol.